The summed E-state index contributed by atoms with van der Waals surface area (Å²) < 4.78 is 18.7. The topological polar surface area (TPSA) is 63.9 Å². The first kappa shape index (κ1) is 8.80. The lowest BCUT2D eigenvalue weighted by atomic mass is 10.3. The van der Waals surface area contributed by atoms with E-state index < -0.39 is 5.82 Å². The van der Waals surface area contributed by atoms with E-state index in [4.69, 9.17) is 10.5 Å². The molecular weight excluding hydrogens is 185 g/mol. The highest BCUT2D eigenvalue weighted by molar-refractivity contribution is 5.90. The number of hydrogen-bond donors (Lipinski definition) is 2. The lowest BCUT2D eigenvalue weighted by Gasteiger charge is -2.04. The molecule has 0 aliphatic heterocycles. The van der Waals surface area contributed by atoms with Crippen molar-refractivity contribution in [2.24, 2.45) is 0 Å². The van der Waals surface area contributed by atoms with Crippen molar-refractivity contribution in [3.05, 3.63) is 18.2 Å². The summed E-state index contributed by atoms with van der Waals surface area (Å²) >= 11 is 0. The Bertz CT molecular complexity index is 466. The van der Waals surface area contributed by atoms with Gasteiger partial charge in [0.15, 0.2) is 11.6 Å². The fraction of sp³-hybridized carbons (Fsp3) is 0.222. The summed E-state index contributed by atoms with van der Waals surface area (Å²) in [6.45, 7) is 2.18. The van der Waals surface area contributed by atoms with Gasteiger partial charge in [0.05, 0.1) is 23.9 Å². The monoisotopic (exact) mass is 195 g/mol. The first-order chi connectivity index (χ1) is 6.74. The van der Waals surface area contributed by atoms with Gasteiger partial charge in [0.25, 0.3) is 0 Å². The highest BCUT2D eigenvalue weighted by atomic mass is 19.1. The maximum atomic E-state index is 13.7. The predicted octanol–water partition coefficient (Wildman–Crippen LogP) is 1.68. The van der Waals surface area contributed by atoms with Gasteiger partial charge in [-0.2, -0.15) is 0 Å². The molecule has 2 heterocycles. The molecule has 2 rings (SSSR count). The number of pyridine rings is 1. The molecule has 0 unspecified atom stereocenters. The first-order valence-electron chi connectivity index (χ1n) is 4.28. The van der Waals surface area contributed by atoms with Crippen LogP contribution in [0.3, 0.4) is 0 Å². The van der Waals surface area contributed by atoms with Crippen molar-refractivity contribution in [1.29, 1.82) is 0 Å². The fourth-order valence-electron chi connectivity index (χ4n) is 1.32. The van der Waals surface area contributed by atoms with Crippen molar-refractivity contribution >= 4 is 16.7 Å². The molecule has 0 fully saturated rings. The maximum Gasteiger partial charge on any atom is 0.179 e. The number of nitrogens with two attached hydrogens (primary N) is 1. The molecule has 3 N–H and O–H groups in total. The number of H-pyrrole nitrogens is 1. The summed E-state index contributed by atoms with van der Waals surface area (Å²) in [6, 6.07) is 0. The third kappa shape index (κ3) is 1.17. The molecule has 5 heteroatoms. The summed E-state index contributed by atoms with van der Waals surface area (Å²) in [6.07, 6.45) is 2.85. The van der Waals surface area contributed by atoms with E-state index in [2.05, 4.69) is 9.97 Å². The van der Waals surface area contributed by atoms with Crippen LogP contribution in [0.2, 0.25) is 0 Å². The highest BCUT2D eigenvalue weighted by Gasteiger charge is 2.12. The average Bonchev–Trinajstić information content (AvgIpc) is 2.54. The largest absolute Gasteiger partial charge is 0.489 e. The number of ether oxygens (including phenoxy) is 1. The van der Waals surface area contributed by atoms with E-state index in [9.17, 15) is 4.39 Å². The molecule has 2 aromatic heterocycles. The molecule has 0 spiro atoms. The zero-order valence-corrected chi connectivity index (χ0v) is 7.67. The molecule has 0 bridgehead atoms. The van der Waals surface area contributed by atoms with E-state index in [0.717, 1.165) is 0 Å². The molecule has 2 aromatic rings. The van der Waals surface area contributed by atoms with Crippen LogP contribution in [0.5, 0.6) is 5.75 Å². The Morgan fingerprint density at radius 1 is 1.64 bits per heavy atom. The van der Waals surface area contributed by atoms with Gasteiger partial charge in [-0.05, 0) is 6.92 Å². The predicted molar refractivity (Wildman–Crippen MR) is 51.6 cm³/mol. The molecule has 0 radical (unpaired) electrons. The standard InChI is InChI=1S/C9H10FN3O/c1-2-14-6-4-13-9-7(8(6)10)5(11)3-12-9/h3-4H,2,11H2,1H3,(H,12,13). The van der Waals surface area contributed by atoms with Gasteiger partial charge in [0.2, 0.25) is 0 Å². The number of aromatic nitrogens is 2. The molecule has 0 atom stereocenters. The van der Waals surface area contributed by atoms with Crippen molar-refractivity contribution < 1.29 is 9.13 Å². The number of anilines is 1. The first-order valence-corrected chi connectivity index (χ1v) is 4.28. The Hall–Kier alpha value is -1.78. The van der Waals surface area contributed by atoms with Gasteiger partial charge in [-0.25, -0.2) is 9.37 Å². The molecular formula is C9H10FN3O. The normalized spacial score (nSPS) is 10.7. The Balaban J connectivity index is 2.66. The third-order valence-electron chi connectivity index (χ3n) is 1.94. The Morgan fingerprint density at radius 3 is 3.14 bits per heavy atom. The summed E-state index contributed by atoms with van der Waals surface area (Å²) in [4.78, 5) is 6.75. The van der Waals surface area contributed by atoms with Crippen LogP contribution in [-0.4, -0.2) is 16.6 Å². The van der Waals surface area contributed by atoms with E-state index >= 15 is 0 Å². The van der Waals surface area contributed by atoms with Crippen LogP contribution >= 0.6 is 0 Å². The molecule has 0 aliphatic rings. The second-order valence-corrected chi connectivity index (χ2v) is 2.84. The molecule has 0 aliphatic carbocycles. The fourth-order valence-corrected chi connectivity index (χ4v) is 1.32. The summed E-state index contributed by atoms with van der Waals surface area (Å²) in [7, 11) is 0. The van der Waals surface area contributed by atoms with Crippen LogP contribution in [0.4, 0.5) is 10.1 Å². The molecule has 0 aromatic carbocycles. The van der Waals surface area contributed by atoms with Crippen LogP contribution in [0, 0.1) is 5.82 Å². The summed E-state index contributed by atoms with van der Waals surface area (Å²) in [5, 5.41) is 0.288. The van der Waals surface area contributed by atoms with Crippen molar-refractivity contribution in [3.63, 3.8) is 0 Å². The number of halogens is 1. The number of rotatable bonds is 2. The average molecular weight is 195 g/mol. The van der Waals surface area contributed by atoms with Crippen LogP contribution in [0.25, 0.3) is 11.0 Å². The number of aromatic amines is 1. The second-order valence-electron chi connectivity index (χ2n) is 2.84. The van der Waals surface area contributed by atoms with Gasteiger partial charge in [-0.15, -0.1) is 0 Å². The lowest BCUT2D eigenvalue weighted by molar-refractivity contribution is 0.322. The molecule has 0 saturated carbocycles. The Kier molecular flexibility index (Phi) is 1.99. The SMILES string of the molecule is CCOc1cnc2[nH]cc(N)c2c1F. The molecule has 14 heavy (non-hydrogen) atoms. The second kappa shape index (κ2) is 3.17. The van der Waals surface area contributed by atoms with E-state index in [0.29, 0.717) is 17.9 Å². The van der Waals surface area contributed by atoms with Gasteiger partial charge in [-0.1, -0.05) is 0 Å². The van der Waals surface area contributed by atoms with E-state index in [1.165, 1.54) is 12.4 Å². The third-order valence-corrected chi connectivity index (χ3v) is 1.94. The van der Waals surface area contributed by atoms with E-state index in [-0.39, 0.29) is 11.1 Å². The lowest BCUT2D eigenvalue weighted by Crippen LogP contribution is -1.96. The van der Waals surface area contributed by atoms with Gasteiger partial charge < -0.3 is 15.5 Å². The molecule has 4 nitrogen and oxygen atoms in total. The van der Waals surface area contributed by atoms with Crippen molar-refractivity contribution in [2.45, 2.75) is 6.92 Å². The Labute approximate surface area is 79.9 Å². The number of nitrogen functional groups attached to an aromatic ring is 1. The van der Waals surface area contributed by atoms with Crippen LogP contribution in [0.1, 0.15) is 6.92 Å². The maximum absolute atomic E-state index is 13.7. The number of hydrogen-bond acceptors (Lipinski definition) is 3. The van der Waals surface area contributed by atoms with E-state index in [1.54, 1.807) is 6.92 Å². The quantitative estimate of drug-likeness (QED) is 0.766. The number of nitrogens with zero attached hydrogens (tertiary/aromatic N) is 1. The highest BCUT2D eigenvalue weighted by Crippen LogP contribution is 2.27. The van der Waals surface area contributed by atoms with Crippen LogP contribution in [0.15, 0.2) is 12.4 Å². The minimum Gasteiger partial charge on any atom is -0.489 e. The summed E-state index contributed by atoms with van der Waals surface area (Å²) in [5.41, 5.74) is 6.35. The van der Waals surface area contributed by atoms with Crippen LogP contribution < -0.4 is 10.5 Å². The smallest absolute Gasteiger partial charge is 0.179 e. The van der Waals surface area contributed by atoms with E-state index in [1.807, 2.05) is 0 Å². The Morgan fingerprint density at radius 2 is 2.43 bits per heavy atom. The van der Waals surface area contributed by atoms with Crippen LogP contribution in [-0.2, 0) is 0 Å². The van der Waals surface area contributed by atoms with Crippen molar-refractivity contribution in [3.8, 4) is 5.75 Å². The minimum absolute atomic E-state index is 0.131. The van der Waals surface area contributed by atoms with Gasteiger partial charge >= 0.3 is 0 Å². The zero-order chi connectivity index (χ0) is 10.1. The van der Waals surface area contributed by atoms with Gasteiger partial charge in [0, 0.05) is 6.20 Å². The zero-order valence-electron chi connectivity index (χ0n) is 7.67. The number of nitrogens with one attached hydrogen (secondary N) is 1. The molecule has 0 amide bonds. The molecule has 0 saturated heterocycles. The molecule has 74 valence electrons. The van der Waals surface area contributed by atoms with Crippen molar-refractivity contribution in [2.75, 3.05) is 12.3 Å². The minimum atomic E-state index is -0.462. The van der Waals surface area contributed by atoms with Crippen molar-refractivity contribution in [1.82, 2.24) is 9.97 Å². The number of fused-ring (bicyclic) bond motifs is 1. The van der Waals surface area contributed by atoms with Gasteiger partial charge in [0.1, 0.15) is 5.65 Å². The van der Waals surface area contributed by atoms with Gasteiger partial charge in [-0.3, -0.25) is 0 Å². The summed E-state index contributed by atoms with van der Waals surface area (Å²) in [5.74, 6) is -0.332.